The molecule has 0 aliphatic carbocycles. The van der Waals surface area contributed by atoms with Crippen LogP contribution in [0.3, 0.4) is 0 Å². The van der Waals surface area contributed by atoms with Crippen LogP contribution in [-0.4, -0.2) is 26.2 Å². The summed E-state index contributed by atoms with van der Waals surface area (Å²) in [5.74, 6) is -0.426. The van der Waals surface area contributed by atoms with Crippen LogP contribution in [0.25, 0.3) is 0 Å². The number of carbonyl (C=O) groups is 1. The lowest BCUT2D eigenvalue weighted by Gasteiger charge is -2.08. The lowest BCUT2D eigenvalue weighted by molar-refractivity contribution is -0.385. The number of anilines is 1. The van der Waals surface area contributed by atoms with E-state index in [1.807, 2.05) is 0 Å². The summed E-state index contributed by atoms with van der Waals surface area (Å²) in [5.41, 5.74) is 1.77. The Bertz CT molecular complexity index is 636. The van der Waals surface area contributed by atoms with Crippen LogP contribution in [0.5, 0.6) is 0 Å². The number of aromatic amines is 1. The number of rotatable bonds is 3. The van der Waals surface area contributed by atoms with Crippen molar-refractivity contribution in [1.82, 2.24) is 15.4 Å². The topological polar surface area (TPSA) is 114 Å². The number of amides is 1. The fraction of sp³-hybridized carbons (Fsp3) is 0.182. The monoisotopic (exact) mass is 261 g/mol. The third kappa shape index (κ3) is 2.57. The first-order valence-corrected chi connectivity index (χ1v) is 5.42. The third-order valence-corrected chi connectivity index (χ3v) is 2.64. The Hall–Kier alpha value is -2.77. The number of hydrogen-bond acceptors (Lipinski definition) is 5. The highest BCUT2D eigenvalue weighted by molar-refractivity contribution is 6.03. The van der Waals surface area contributed by atoms with Gasteiger partial charge in [-0.15, -0.1) is 0 Å². The van der Waals surface area contributed by atoms with Crippen molar-refractivity contribution in [3.63, 3.8) is 0 Å². The summed E-state index contributed by atoms with van der Waals surface area (Å²) < 4.78 is 0. The zero-order valence-electron chi connectivity index (χ0n) is 10.3. The molecule has 2 N–H and O–H groups in total. The minimum absolute atomic E-state index is 0.0249. The molecule has 19 heavy (non-hydrogen) atoms. The Labute approximate surface area is 108 Å². The number of aromatic nitrogens is 3. The summed E-state index contributed by atoms with van der Waals surface area (Å²) in [5, 5.41) is 23.0. The molecule has 0 fully saturated rings. The molecule has 0 bridgehead atoms. The first-order chi connectivity index (χ1) is 8.99. The van der Waals surface area contributed by atoms with Crippen molar-refractivity contribution in [3.8, 4) is 0 Å². The van der Waals surface area contributed by atoms with Gasteiger partial charge in [-0.2, -0.15) is 15.4 Å². The van der Waals surface area contributed by atoms with Crippen LogP contribution in [0.2, 0.25) is 0 Å². The van der Waals surface area contributed by atoms with E-state index in [0.29, 0.717) is 16.8 Å². The zero-order valence-corrected chi connectivity index (χ0v) is 10.3. The standard InChI is InChI=1S/C11H11N5O3/c1-6-4-10(16(18)19)7(2)3-8(6)13-11(17)9-5-12-15-14-9/h3-5H,1-2H3,(H,13,17)(H,12,14,15). The van der Waals surface area contributed by atoms with E-state index in [1.54, 1.807) is 19.9 Å². The molecule has 8 heteroatoms. The molecular weight excluding hydrogens is 250 g/mol. The number of nitrogens with one attached hydrogen (secondary N) is 2. The first-order valence-electron chi connectivity index (χ1n) is 5.42. The Kier molecular flexibility index (Phi) is 3.23. The fourth-order valence-electron chi connectivity index (χ4n) is 1.63. The second-order valence-corrected chi connectivity index (χ2v) is 4.02. The second-order valence-electron chi connectivity index (χ2n) is 4.02. The molecule has 0 radical (unpaired) electrons. The van der Waals surface area contributed by atoms with E-state index in [1.165, 1.54) is 12.3 Å². The van der Waals surface area contributed by atoms with Crippen molar-refractivity contribution in [2.45, 2.75) is 13.8 Å². The molecule has 98 valence electrons. The molecule has 1 aromatic heterocycles. The first kappa shape index (κ1) is 12.7. The number of nitro groups is 1. The van der Waals surface area contributed by atoms with Gasteiger partial charge >= 0.3 is 0 Å². The lowest BCUT2D eigenvalue weighted by atomic mass is 10.1. The molecule has 0 spiro atoms. The molecule has 0 saturated carbocycles. The molecule has 2 rings (SSSR count). The van der Waals surface area contributed by atoms with E-state index in [9.17, 15) is 14.9 Å². The van der Waals surface area contributed by atoms with Gasteiger partial charge in [-0.05, 0) is 25.5 Å². The summed E-state index contributed by atoms with van der Waals surface area (Å²) in [4.78, 5) is 22.1. The summed E-state index contributed by atoms with van der Waals surface area (Å²) in [6, 6.07) is 2.99. The van der Waals surface area contributed by atoms with Crippen LogP contribution in [0.15, 0.2) is 18.3 Å². The van der Waals surface area contributed by atoms with Gasteiger partial charge in [0.25, 0.3) is 11.6 Å². The van der Waals surface area contributed by atoms with Crippen LogP contribution in [0, 0.1) is 24.0 Å². The summed E-state index contributed by atoms with van der Waals surface area (Å²) in [7, 11) is 0. The second kappa shape index (κ2) is 4.84. The summed E-state index contributed by atoms with van der Waals surface area (Å²) >= 11 is 0. The number of nitrogens with zero attached hydrogens (tertiary/aromatic N) is 3. The molecule has 0 aliphatic rings. The van der Waals surface area contributed by atoms with Crippen LogP contribution < -0.4 is 5.32 Å². The average molecular weight is 261 g/mol. The maximum atomic E-state index is 11.8. The van der Waals surface area contributed by atoms with Crippen LogP contribution in [-0.2, 0) is 0 Å². The zero-order chi connectivity index (χ0) is 14.0. The molecule has 8 nitrogen and oxygen atoms in total. The summed E-state index contributed by atoms with van der Waals surface area (Å²) in [6.45, 7) is 3.30. The third-order valence-electron chi connectivity index (χ3n) is 2.64. The Morgan fingerprint density at radius 3 is 2.68 bits per heavy atom. The molecule has 0 aliphatic heterocycles. The number of benzene rings is 1. The quantitative estimate of drug-likeness (QED) is 0.643. The van der Waals surface area contributed by atoms with Crippen molar-refractivity contribution < 1.29 is 9.72 Å². The SMILES string of the molecule is Cc1cc([N+](=O)[O-])c(C)cc1NC(=O)c1cn[nH]n1. The molecule has 0 unspecified atom stereocenters. The van der Waals surface area contributed by atoms with E-state index >= 15 is 0 Å². The molecule has 0 saturated heterocycles. The van der Waals surface area contributed by atoms with E-state index in [2.05, 4.69) is 20.7 Å². The molecular formula is C11H11N5O3. The number of hydrogen-bond donors (Lipinski definition) is 2. The van der Waals surface area contributed by atoms with Crippen molar-refractivity contribution >= 4 is 17.3 Å². The van der Waals surface area contributed by atoms with Gasteiger partial charge in [0.05, 0.1) is 11.1 Å². The van der Waals surface area contributed by atoms with Crippen LogP contribution >= 0.6 is 0 Å². The minimum atomic E-state index is -0.453. The average Bonchev–Trinajstić information content (AvgIpc) is 2.86. The van der Waals surface area contributed by atoms with Gasteiger partial charge in [-0.1, -0.05) is 0 Å². The number of nitro benzene ring substituents is 1. The van der Waals surface area contributed by atoms with E-state index < -0.39 is 10.8 Å². The number of carbonyl (C=O) groups excluding carboxylic acids is 1. The lowest BCUT2D eigenvalue weighted by Crippen LogP contribution is -2.13. The largest absolute Gasteiger partial charge is 0.320 e. The van der Waals surface area contributed by atoms with Crippen molar-refractivity contribution in [2.24, 2.45) is 0 Å². The van der Waals surface area contributed by atoms with Crippen molar-refractivity contribution in [1.29, 1.82) is 0 Å². The van der Waals surface area contributed by atoms with Gasteiger partial charge in [0.1, 0.15) is 0 Å². The predicted octanol–water partition coefficient (Wildman–Crippen LogP) is 1.58. The highest BCUT2D eigenvalue weighted by Gasteiger charge is 2.16. The number of aryl methyl sites for hydroxylation is 2. The van der Waals surface area contributed by atoms with Gasteiger partial charge in [0.2, 0.25) is 0 Å². The van der Waals surface area contributed by atoms with E-state index in [0.717, 1.165) is 0 Å². The van der Waals surface area contributed by atoms with Gasteiger partial charge in [0.15, 0.2) is 5.69 Å². The van der Waals surface area contributed by atoms with Gasteiger partial charge in [-0.3, -0.25) is 14.9 Å². The van der Waals surface area contributed by atoms with Gasteiger partial charge in [-0.25, -0.2) is 0 Å². The normalized spacial score (nSPS) is 10.2. The molecule has 1 aromatic carbocycles. The Morgan fingerprint density at radius 1 is 1.37 bits per heavy atom. The predicted molar refractivity (Wildman–Crippen MR) is 66.9 cm³/mol. The number of H-pyrrole nitrogens is 1. The summed E-state index contributed by atoms with van der Waals surface area (Å²) in [6.07, 6.45) is 1.29. The van der Waals surface area contributed by atoms with Crippen LogP contribution in [0.4, 0.5) is 11.4 Å². The van der Waals surface area contributed by atoms with E-state index in [4.69, 9.17) is 0 Å². The Morgan fingerprint density at radius 2 is 2.11 bits per heavy atom. The maximum Gasteiger partial charge on any atom is 0.277 e. The van der Waals surface area contributed by atoms with Crippen LogP contribution in [0.1, 0.15) is 21.6 Å². The molecule has 0 atom stereocenters. The van der Waals surface area contributed by atoms with Gasteiger partial charge in [0, 0.05) is 17.3 Å². The molecule has 1 amide bonds. The highest BCUT2D eigenvalue weighted by Crippen LogP contribution is 2.26. The highest BCUT2D eigenvalue weighted by atomic mass is 16.6. The molecule has 2 aromatic rings. The minimum Gasteiger partial charge on any atom is -0.320 e. The maximum absolute atomic E-state index is 11.8. The van der Waals surface area contributed by atoms with Crippen molar-refractivity contribution in [3.05, 3.63) is 45.3 Å². The van der Waals surface area contributed by atoms with Crippen molar-refractivity contribution in [2.75, 3.05) is 5.32 Å². The van der Waals surface area contributed by atoms with Gasteiger partial charge < -0.3 is 5.32 Å². The van der Waals surface area contributed by atoms with E-state index in [-0.39, 0.29) is 11.4 Å². The molecule has 1 heterocycles. The smallest absolute Gasteiger partial charge is 0.277 e. The fourth-order valence-corrected chi connectivity index (χ4v) is 1.63. The Balaban J connectivity index is 2.29.